The van der Waals surface area contributed by atoms with E-state index in [9.17, 15) is 0 Å². The second-order valence-electron chi connectivity index (χ2n) is 15.7. The molecule has 0 aliphatic heterocycles. The van der Waals surface area contributed by atoms with Gasteiger partial charge in [-0.3, -0.25) is 0 Å². The fourth-order valence-corrected chi connectivity index (χ4v) is 9.62. The summed E-state index contributed by atoms with van der Waals surface area (Å²) in [6.07, 6.45) is 0. The molecule has 1 nitrogen and oxygen atoms in total. The molecule has 1 aliphatic rings. The summed E-state index contributed by atoms with van der Waals surface area (Å²) in [5.41, 5.74) is 17.4. The molecular formula is C59H41N. The minimum Gasteiger partial charge on any atom is -0.310 e. The SMILES string of the molecule is c1ccc(-c2cc(-c3ccccc3)cc(N(c3cccc(-c4ccc5ccccc5c4)c3)c3cccc4c3-c3ccccc3C4(c3ccccc3)c3ccccc3)c2)cc1. The van der Waals surface area contributed by atoms with Gasteiger partial charge in [-0.1, -0.05) is 206 Å². The molecule has 0 saturated heterocycles. The van der Waals surface area contributed by atoms with Crippen molar-refractivity contribution in [2.45, 2.75) is 5.41 Å². The van der Waals surface area contributed by atoms with Crippen LogP contribution >= 0.6 is 0 Å². The van der Waals surface area contributed by atoms with E-state index < -0.39 is 5.41 Å². The number of fused-ring (bicyclic) bond motifs is 4. The van der Waals surface area contributed by atoms with Gasteiger partial charge < -0.3 is 4.90 Å². The number of nitrogens with zero attached hydrogens (tertiary/aromatic N) is 1. The largest absolute Gasteiger partial charge is 0.310 e. The molecule has 0 saturated carbocycles. The summed E-state index contributed by atoms with van der Waals surface area (Å²) in [5.74, 6) is 0. The fourth-order valence-electron chi connectivity index (χ4n) is 9.62. The van der Waals surface area contributed by atoms with Crippen LogP contribution in [0.4, 0.5) is 17.1 Å². The quantitative estimate of drug-likeness (QED) is 0.149. The van der Waals surface area contributed by atoms with E-state index in [1.54, 1.807) is 0 Å². The van der Waals surface area contributed by atoms with Gasteiger partial charge in [0.15, 0.2) is 0 Å². The van der Waals surface area contributed by atoms with Crippen LogP contribution in [-0.2, 0) is 5.41 Å². The Morgan fingerprint density at radius 1 is 0.283 bits per heavy atom. The number of hydrogen-bond acceptors (Lipinski definition) is 1. The van der Waals surface area contributed by atoms with Gasteiger partial charge in [0.2, 0.25) is 0 Å². The van der Waals surface area contributed by atoms with Crippen molar-refractivity contribution >= 4 is 27.8 Å². The highest BCUT2D eigenvalue weighted by molar-refractivity contribution is 5.99. The second-order valence-corrected chi connectivity index (χ2v) is 15.7. The lowest BCUT2D eigenvalue weighted by Crippen LogP contribution is -2.28. The summed E-state index contributed by atoms with van der Waals surface area (Å²) in [4.78, 5) is 2.51. The molecule has 0 unspecified atom stereocenters. The summed E-state index contributed by atoms with van der Waals surface area (Å²) in [6, 6.07) is 91.2. The smallest absolute Gasteiger partial charge is 0.0714 e. The van der Waals surface area contributed by atoms with Gasteiger partial charge in [-0.05, 0) is 114 Å². The normalized spacial score (nSPS) is 12.5. The van der Waals surface area contributed by atoms with Gasteiger partial charge in [0, 0.05) is 16.9 Å². The molecule has 0 aromatic heterocycles. The van der Waals surface area contributed by atoms with Gasteiger partial charge in [-0.15, -0.1) is 0 Å². The molecular weight excluding hydrogens is 723 g/mol. The van der Waals surface area contributed by atoms with Crippen molar-refractivity contribution in [2.24, 2.45) is 0 Å². The van der Waals surface area contributed by atoms with Gasteiger partial charge >= 0.3 is 0 Å². The third-order valence-electron chi connectivity index (χ3n) is 12.3. The van der Waals surface area contributed by atoms with Crippen molar-refractivity contribution in [2.75, 3.05) is 4.90 Å². The highest BCUT2D eigenvalue weighted by Gasteiger charge is 2.47. The van der Waals surface area contributed by atoms with Crippen molar-refractivity contribution in [3.05, 3.63) is 271 Å². The van der Waals surface area contributed by atoms with Crippen molar-refractivity contribution in [3.8, 4) is 44.5 Å². The standard InChI is InChI=1S/C59H41N/c1-5-19-42(20-6-1)48-38-49(43-21-7-2-8-22-43)41-53(40-48)60(52-30-17-25-46(39-52)47-36-35-44-23-13-14-24-45(44)37-47)57-34-18-33-56-58(57)54-31-15-16-32-55(54)59(56,50-26-9-3-10-27-50)51-28-11-4-12-29-51/h1-41H. The Morgan fingerprint density at radius 2 is 0.783 bits per heavy atom. The lowest BCUT2D eigenvalue weighted by Gasteiger charge is -2.34. The zero-order valence-corrected chi connectivity index (χ0v) is 33.1. The zero-order valence-electron chi connectivity index (χ0n) is 33.1. The summed E-state index contributed by atoms with van der Waals surface area (Å²) in [6.45, 7) is 0. The van der Waals surface area contributed by atoms with Crippen LogP contribution in [0.15, 0.2) is 249 Å². The summed E-state index contributed by atoms with van der Waals surface area (Å²) in [7, 11) is 0. The predicted molar refractivity (Wildman–Crippen MR) is 252 cm³/mol. The second kappa shape index (κ2) is 14.9. The maximum atomic E-state index is 2.51. The van der Waals surface area contributed by atoms with E-state index in [-0.39, 0.29) is 0 Å². The van der Waals surface area contributed by atoms with E-state index in [1.165, 1.54) is 77.5 Å². The highest BCUT2D eigenvalue weighted by Crippen LogP contribution is 2.59. The van der Waals surface area contributed by atoms with Crippen LogP contribution < -0.4 is 4.90 Å². The summed E-state index contributed by atoms with van der Waals surface area (Å²) in [5, 5.41) is 2.47. The molecule has 0 atom stereocenters. The van der Waals surface area contributed by atoms with Crippen molar-refractivity contribution in [3.63, 3.8) is 0 Å². The molecule has 60 heavy (non-hydrogen) atoms. The molecule has 1 heteroatoms. The van der Waals surface area contributed by atoms with E-state index in [0.717, 1.165) is 17.1 Å². The average molecular weight is 764 g/mol. The summed E-state index contributed by atoms with van der Waals surface area (Å²) >= 11 is 0. The fraction of sp³-hybridized carbons (Fsp3) is 0.0169. The maximum absolute atomic E-state index is 2.51. The van der Waals surface area contributed by atoms with Gasteiger partial charge in [-0.2, -0.15) is 0 Å². The first-order valence-corrected chi connectivity index (χ1v) is 20.8. The Labute approximate surface area is 352 Å². The third kappa shape index (κ3) is 5.94. The number of hydrogen-bond donors (Lipinski definition) is 0. The Balaban J connectivity index is 1.22. The molecule has 0 radical (unpaired) electrons. The molecule has 0 heterocycles. The van der Waals surface area contributed by atoms with Crippen LogP contribution in [0.5, 0.6) is 0 Å². The van der Waals surface area contributed by atoms with Crippen LogP contribution in [0, 0.1) is 0 Å². The van der Waals surface area contributed by atoms with Crippen molar-refractivity contribution in [1.29, 1.82) is 0 Å². The van der Waals surface area contributed by atoms with Gasteiger partial charge in [-0.25, -0.2) is 0 Å². The molecule has 10 aromatic rings. The van der Waals surface area contributed by atoms with Crippen LogP contribution in [0.2, 0.25) is 0 Å². The first-order chi connectivity index (χ1) is 29.8. The molecule has 0 amide bonds. The number of benzene rings is 10. The van der Waals surface area contributed by atoms with Gasteiger partial charge in [0.1, 0.15) is 0 Å². The van der Waals surface area contributed by atoms with Crippen molar-refractivity contribution < 1.29 is 0 Å². The Kier molecular flexibility index (Phi) is 8.79. The molecule has 1 aliphatic carbocycles. The zero-order chi connectivity index (χ0) is 39.9. The third-order valence-corrected chi connectivity index (χ3v) is 12.3. The Morgan fingerprint density at radius 3 is 1.45 bits per heavy atom. The molecule has 10 aromatic carbocycles. The lowest BCUT2D eigenvalue weighted by atomic mass is 9.68. The monoisotopic (exact) mass is 763 g/mol. The molecule has 0 spiro atoms. The molecule has 0 N–H and O–H groups in total. The minimum atomic E-state index is -0.524. The van der Waals surface area contributed by atoms with E-state index in [1.807, 2.05) is 0 Å². The van der Waals surface area contributed by atoms with E-state index in [4.69, 9.17) is 0 Å². The highest BCUT2D eigenvalue weighted by atomic mass is 15.1. The topological polar surface area (TPSA) is 3.24 Å². The van der Waals surface area contributed by atoms with E-state index in [2.05, 4.69) is 254 Å². The molecule has 282 valence electrons. The Hall–Kier alpha value is -7.74. The number of anilines is 3. The van der Waals surface area contributed by atoms with Crippen LogP contribution in [0.3, 0.4) is 0 Å². The van der Waals surface area contributed by atoms with E-state index >= 15 is 0 Å². The minimum absolute atomic E-state index is 0.524. The van der Waals surface area contributed by atoms with Crippen LogP contribution in [0.25, 0.3) is 55.3 Å². The first kappa shape index (κ1) is 35.4. The molecule has 11 rings (SSSR count). The maximum Gasteiger partial charge on any atom is 0.0714 e. The van der Waals surface area contributed by atoms with Crippen LogP contribution in [-0.4, -0.2) is 0 Å². The van der Waals surface area contributed by atoms with Gasteiger partial charge in [0.25, 0.3) is 0 Å². The average Bonchev–Trinajstić information content (AvgIpc) is 3.64. The predicted octanol–water partition coefficient (Wildman–Crippen LogP) is 15.7. The van der Waals surface area contributed by atoms with Crippen LogP contribution in [0.1, 0.15) is 22.3 Å². The van der Waals surface area contributed by atoms with Crippen molar-refractivity contribution in [1.82, 2.24) is 0 Å². The molecule has 0 fully saturated rings. The Bertz CT molecular complexity index is 3040. The van der Waals surface area contributed by atoms with Gasteiger partial charge in [0.05, 0.1) is 11.1 Å². The first-order valence-electron chi connectivity index (χ1n) is 20.8. The molecule has 0 bridgehead atoms. The summed E-state index contributed by atoms with van der Waals surface area (Å²) < 4.78 is 0. The van der Waals surface area contributed by atoms with E-state index in [0.29, 0.717) is 0 Å². The number of rotatable bonds is 8. The lowest BCUT2D eigenvalue weighted by molar-refractivity contribution is 0.768.